The van der Waals surface area contributed by atoms with E-state index < -0.39 is 0 Å². The standard InChI is InChI=1S/C7H7O.C3H10Si/c8-6-7-4-2-1-3-5-7;1-4(2)3/h1-5H,6H2;4H,1-3H3. The molecule has 12 heavy (non-hydrogen) atoms. The van der Waals surface area contributed by atoms with Gasteiger partial charge in [-0.2, -0.15) is 0 Å². The van der Waals surface area contributed by atoms with Gasteiger partial charge < -0.3 is 0 Å². The summed E-state index contributed by atoms with van der Waals surface area (Å²) in [6, 6.07) is 9.29. The largest absolute Gasteiger partial charge is 0.232 e. The Bertz CT molecular complexity index is 182. The molecule has 0 fully saturated rings. The van der Waals surface area contributed by atoms with E-state index in [0.29, 0.717) is 0 Å². The molecule has 0 saturated carbocycles. The molecule has 0 aliphatic heterocycles. The molecular formula is C10H17OSi. The zero-order chi connectivity index (χ0) is 9.40. The number of hydrogen-bond acceptors (Lipinski definition) is 0. The highest BCUT2D eigenvalue weighted by molar-refractivity contribution is 6.54. The molecule has 1 aromatic carbocycles. The lowest BCUT2D eigenvalue weighted by molar-refractivity contribution is 0.177. The Kier molecular flexibility index (Phi) is 6.71. The van der Waals surface area contributed by atoms with Crippen LogP contribution in [0.1, 0.15) is 5.56 Å². The van der Waals surface area contributed by atoms with Crippen LogP contribution >= 0.6 is 0 Å². The van der Waals surface area contributed by atoms with Gasteiger partial charge in [0.05, 0.1) is 0 Å². The Hall–Kier alpha value is -0.603. The van der Waals surface area contributed by atoms with Crippen LogP contribution in [0.25, 0.3) is 0 Å². The summed E-state index contributed by atoms with van der Waals surface area (Å²) in [4.78, 5) is 0. The Morgan fingerprint density at radius 3 is 1.75 bits per heavy atom. The lowest BCUT2D eigenvalue weighted by Crippen LogP contribution is -1.84. The third-order valence-corrected chi connectivity index (χ3v) is 1.01. The van der Waals surface area contributed by atoms with Crippen molar-refractivity contribution >= 4 is 8.80 Å². The average molecular weight is 181 g/mol. The normalized spacial score (nSPS) is 9.08. The van der Waals surface area contributed by atoms with Gasteiger partial charge in [-0.15, -0.1) is 0 Å². The van der Waals surface area contributed by atoms with Crippen LogP contribution in [0.15, 0.2) is 30.3 Å². The predicted molar refractivity (Wildman–Crippen MR) is 55.6 cm³/mol. The van der Waals surface area contributed by atoms with E-state index in [1.165, 1.54) is 0 Å². The van der Waals surface area contributed by atoms with Gasteiger partial charge in [0.15, 0.2) is 0 Å². The van der Waals surface area contributed by atoms with Crippen LogP contribution < -0.4 is 0 Å². The van der Waals surface area contributed by atoms with Crippen molar-refractivity contribution in [1.29, 1.82) is 0 Å². The number of benzene rings is 1. The van der Waals surface area contributed by atoms with Crippen LogP contribution in [0.2, 0.25) is 19.6 Å². The van der Waals surface area contributed by atoms with Crippen molar-refractivity contribution in [3.63, 3.8) is 0 Å². The third kappa shape index (κ3) is 7.50. The molecule has 67 valence electrons. The second kappa shape index (κ2) is 7.07. The SMILES string of the molecule is C[SiH](C)C.[O]Cc1ccccc1. The maximum atomic E-state index is 10.1. The molecule has 2 heteroatoms. The van der Waals surface area contributed by atoms with Crippen LogP contribution in [0.5, 0.6) is 0 Å². The molecule has 1 rings (SSSR count). The van der Waals surface area contributed by atoms with Crippen LogP contribution in [0.3, 0.4) is 0 Å². The van der Waals surface area contributed by atoms with Gasteiger partial charge in [0.25, 0.3) is 0 Å². The van der Waals surface area contributed by atoms with E-state index in [1.807, 2.05) is 30.3 Å². The molecule has 0 aliphatic carbocycles. The Morgan fingerprint density at radius 2 is 1.50 bits per heavy atom. The molecular weight excluding hydrogens is 164 g/mol. The van der Waals surface area contributed by atoms with E-state index in [2.05, 4.69) is 19.6 Å². The number of hydrogen-bond donors (Lipinski definition) is 0. The maximum absolute atomic E-state index is 10.1. The summed E-state index contributed by atoms with van der Waals surface area (Å²) in [5.74, 6) is 0. The summed E-state index contributed by atoms with van der Waals surface area (Å²) in [5.41, 5.74) is 0.854. The zero-order valence-electron chi connectivity index (χ0n) is 8.08. The molecule has 0 spiro atoms. The van der Waals surface area contributed by atoms with Crippen molar-refractivity contribution < 1.29 is 5.11 Å². The van der Waals surface area contributed by atoms with Gasteiger partial charge in [0, 0.05) is 8.80 Å². The van der Waals surface area contributed by atoms with Gasteiger partial charge in [0.1, 0.15) is 6.61 Å². The minimum Gasteiger partial charge on any atom is -0.232 e. The van der Waals surface area contributed by atoms with Crippen LogP contribution in [-0.4, -0.2) is 8.80 Å². The van der Waals surface area contributed by atoms with E-state index in [0.717, 1.165) is 5.56 Å². The number of rotatable bonds is 1. The van der Waals surface area contributed by atoms with E-state index in [-0.39, 0.29) is 15.4 Å². The Morgan fingerprint density at radius 1 is 1.08 bits per heavy atom. The highest BCUT2D eigenvalue weighted by Crippen LogP contribution is 1.95. The molecule has 0 bridgehead atoms. The first-order valence-corrected chi connectivity index (χ1v) is 7.75. The van der Waals surface area contributed by atoms with Gasteiger partial charge in [-0.25, -0.2) is 5.11 Å². The van der Waals surface area contributed by atoms with Crippen molar-refractivity contribution in [2.75, 3.05) is 0 Å². The van der Waals surface area contributed by atoms with Crippen molar-refractivity contribution in [3.8, 4) is 0 Å². The predicted octanol–water partition coefficient (Wildman–Crippen LogP) is 2.72. The molecule has 0 unspecified atom stereocenters. The second-order valence-corrected chi connectivity index (χ2v) is 6.83. The van der Waals surface area contributed by atoms with Gasteiger partial charge in [-0.1, -0.05) is 50.0 Å². The first-order valence-electron chi connectivity index (χ1n) is 4.28. The van der Waals surface area contributed by atoms with Crippen molar-refractivity contribution in [1.82, 2.24) is 0 Å². The zero-order valence-corrected chi connectivity index (χ0v) is 9.23. The van der Waals surface area contributed by atoms with Crippen molar-refractivity contribution in [3.05, 3.63) is 35.9 Å². The summed E-state index contributed by atoms with van der Waals surface area (Å²) in [6.45, 7) is 6.81. The molecule has 0 saturated heterocycles. The monoisotopic (exact) mass is 181 g/mol. The Labute approximate surface area is 76.7 Å². The molecule has 0 N–H and O–H groups in total. The Balaban J connectivity index is 0.000000261. The summed E-state index contributed by atoms with van der Waals surface area (Å²) >= 11 is 0. The van der Waals surface area contributed by atoms with Gasteiger partial charge in [-0.3, -0.25) is 0 Å². The molecule has 0 atom stereocenters. The molecule has 1 aromatic rings. The van der Waals surface area contributed by atoms with E-state index in [4.69, 9.17) is 0 Å². The summed E-state index contributed by atoms with van der Waals surface area (Å²) in [6.07, 6.45) is 0. The van der Waals surface area contributed by atoms with E-state index in [1.54, 1.807) is 0 Å². The van der Waals surface area contributed by atoms with Crippen molar-refractivity contribution in [2.45, 2.75) is 26.2 Å². The summed E-state index contributed by atoms with van der Waals surface area (Å²) in [5, 5.41) is 10.1. The molecule has 0 aromatic heterocycles. The fourth-order valence-corrected chi connectivity index (χ4v) is 0.574. The maximum Gasteiger partial charge on any atom is 0.107 e. The van der Waals surface area contributed by atoms with E-state index >= 15 is 0 Å². The van der Waals surface area contributed by atoms with Gasteiger partial charge in [-0.05, 0) is 5.56 Å². The topological polar surface area (TPSA) is 19.9 Å². The fraction of sp³-hybridized carbons (Fsp3) is 0.400. The van der Waals surface area contributed by atoms with Crippen LogP contribution in [-0.2, 0) is 11.7 Å². The van der Waals surface area contributed by atoms with Crippen molar-refractivity contribution in [2.24, 2.45) is 0 Å². The lowest BCUT2D eigenvalue weighted by Gasteiger charge is -1.87. The molecule has 0 amide bonds. The van der Waals surface area contributed by atoms with Gasteiger partial charge in [0.2, 0.25) is 0 Å². The van der Waals surface area contributed by atoms with Gasteiger partial charge >= 0.3 is 0 Å². The minimum atomic E-state index is -0.139. The third-order valence-electron chi connectivity index (χ3n) is 1.01. The first kappa shape index (κ1) is 11.4. The highest BCUT2D eigenvalue weighted by atomic mass is 28.3. The highest BCUT2D eigenvalue weighted by Gasteiger charge is 1.82. The van der Waals surface area contributed by atoms with Crippen LogP contribution in [0, 0.1) is 0 Å². The summed E-state index contributed by atoms with van der Waals surface area (Å²) in [7, 11) is -0.139. The van der Waals surface area contributed by atoms with Crippen LogP contribution in [0.4, 0.5) is 0 Å². The smallest absolute Gasteiger partial charge is 0.107 e. The first-order chi connectivity index (χ1) is 5.66. The molecule has 1 radical (unpaired) electrons. The second-order valence-electron chi connectivity index (χ2n) is 3.36. The van der Waals surface area contributed by atoms with E-state index in [9.17, 15) is 5.11 Å². The minimum absolute atomic E-state index is 0.110. The quantitative estimate of drug-likeness (QED) is 0.594. The molecule has 0 heterocycles. The fourth-order valence-electron chi connectivity index (χ4n) is 0.574. The molecule has 0 aliphatic rings. The molecule has 1 nitrogen and oxygen atoms in total. The summed E-state index contributed by atoms with van der Waals surface area (Å²) < 4.78 is 0. The lowest BCUT2D eigenvalue weighted by atomic mass is 10.2. The average Bonchev–Trinajstić information content (AvgIpc) is 2.05.